The fourth-order valence-electron chi connectivity index (χ4n) is 3.26. The van der Waals surface area contributed by atoms with E-state index < -0.39 is 18.8 Å². The number of halogens is 4. The first-order valence-corrected chi connectivity index (χ1v) is 11.1. The second kappa shape index (κ2) is 10.5. The number of carbonyl (C=O) groups excluding carboxylic acids is 1. The van der Waals surface area contributed by atoms with Gasteiger partial charge in [0.25, 0.3) is 0 Å². The predicted molar refractivity (Wildman–Crippen MR) is 130 cm³/mol. The summed E-state index contributed by atoms with van der Waals surface area (Å²) in [5.74, 6) is 0.453. The first kappa shape index (κ1) is 26.2. The Hall–Kier alpha value is -3.38. The van der Waals surface area contributed by atoms with Crippen LogP contribution in [0.3, 0.4) is 0 Å². The summed E-state index contributed by atoms with van der Waals surface area (Å²) in [5, 5.41) is 14.1. The first-order chi connectivity index (χ1) is 16.1. The second-order valence-corrected chi connectivity index (χ2v) is 8.93. The van der Waals surface area contributed by atoms with Gasteiger partial charge < -0.3 is 15.4 Å². The lowest BCUT2D eigenvalue weighted by molar-refractivity contribution is -0.122. The second-order valence-electron chi connectivity index (χ2n) is 7.75. The fraction of sp³-hybridized carbons (Fsp3) is 0.273. The molecule has 0 saturated heterocycles. The van der Waals surface area contributed by atoms with E-state index in [2.05, 4.69) is 20.5 Å². The summed E-state index contributed by atoms with van der Waals surface area (Å²) in [7, 11) is 0. The number of carbonyl (C=O) groups is 1. The summed E-state index contributed by atoms with van der Waals surface area (Å²) in [4.78, 5) is 16.5. The van der Waals surface area contributed by atoms with Gasteiger partial charge >= 0.3 is 12.2 Å². The molecule has 0 aliphatic heterocycles. The zero-order valence-electron chi connectivity index (χ0n) is 18.9. The topological polar surface area (TPSA) is 93.4 Å². The normalized spacial score (nSPS) is 11.4. The highest BCUT2D eigenvalue weighted by molar-refractivity contribution is 7.14. The smallest absolute Gasteiger partial charge is 0.405 e. The number of nitrogens with zero attached hydrogens (tertiary/aromatic N) is 4. The molecule has 8 nitrogen and oxygen atoms in total. The van der Waals surface area contributed by atoms with Crippen LogP contribution in [-0.4, -0.2) is 44.4 Å². The molecule has 3 heterocycles. The minimum atomic E-state index is -4.51. The van der Waals surface area contributed by atoms with Crippen LogP contribution in [0.1, 0.15) is 18.9 Å². The zero-order chi connectivity index (χ0) is 24.5. The number of hydrogen-bond donors (Lipinski definition) is 2. The van der Waals surface area contributed by atoms with Crippen molar-refractivity contribution in [1.29, 1.82) is 0 Å². The van der Waals surface area contributed by atoms with Gasteiger partial charge in [-0.05, 0) is 45.0 Å². The molecule has 0 bridgehead atoms. The summed E-state index contributed by atoms with van der Waals surface area (Å²) in [6.45, 7) is 4.15. The number of pyridine rings is 1. The molecule has 186 valence electrons. The standard InChI is InChI=1S/C22H21F3N6O2S.ClH/c1-12(2)33-17-7-15(6-16(9-17)28-21(32)27-11-22(23,24)25)18-10-26-19-8-14(4-5-31(18)19)20-30-29-13(3)34-20;/h4-10,12H,11H2,1-3H3,(H2,27,28,32);1H. The number of alkyl halides is 3. The van der Waals surface area contributed by atoms with Gasteiger partial charge in [0.15, 0.2) is 0 Å². The summed E-state index contributed by atoms with van der Waals surface area (Å²) in [6.07, 6.45) is -1.13. The van der Waals surface area contributed by atoms with E-state index in [1.165, 1.54) is 11.3 Å². The molecule has 4 aromatic rings. The lowest BCUT2D eigenvalue weighted by Gasteiger charge is -2.15. The van der Waals surface area contributed by atoms with Crippen molar-refractivity contribution in [2.75, 3.05) is 11.9 Å². The molecule has 0 saturated carbocycles. The number of fused-ring (bicyclic) bond motifs is 1. The molecule has 0 aliphatic rings. The van der Waals surface area contributed by atoms with Crippen molar-refractivity contribution in [2.24, 2.45) is 0 Å². The number of anilines is 1. The van der Waals surface area contributed by atoms with Crippen molar-refractivity contribution in [3.63, 3.8) is 0 Å². The molecule has 2 amide bonds. The Balaban J connectivity index is 0.00000342. The molecular weight excluding hydrogens is 505 g/mol. The lowest BCUT2D eigenvalue weighted by Crippen LogP contribution is -2.36. The average Bonchev–Trinajstić information content (AvgIpc) is 3.37. The van der Waals surface area contributed by atoms with Crippen LogP contribution in [0.5, 0.6) is 5.75 Å². The van der Waals surface area contributed by atoms with Crippen molar-refractivity contribution in [3.05, 3.63) is 47.7 Å². The van der Waals surface area contributed by atoms with Gasteiger partial charge in [-0.25, -0.2) is 9.78 Å². The van der Waals surface area contributed by atoms with Crippen LogP contribution in [0.2, 0.25) is 0 Å². The fourth-order valence-corrected chi connectivity index (χ4v) is 3.94. The number of nitrogens with one attached hydrogen (secondary N) is 2. The van der Waals surface area contributed by atoms with Crippen LogP contribution >= 0.6 is 23.7 Å². The predicted octanol–water partition coefficient (Wildman–Crippen LogP) is 5.72. The number of aryl methyl sites for hydroxylation is 1. The van der Waals surface area contributed by atoms with Crippen molar-refractivity contribution >= 4 is 41.1 Å². The van der Waals surface area contributed by atoms with Crippen LogP contribution in [0.25, 0.3) is 27.5 Å². The maximum atomic E-state index is 12.4. The third-order valence-electron chi connectivity index (χ3n) is 4.57. The first-order valence-electron chi connectivity index (χ1n) is 10.3. The van der Waals surface area contributed by atoms with Crippen molar-refractivity contribution < 1.29 is 22.7 Å². The number of urea groups is 1. The van der Waals surface area contributed by atoms with E-state index in [0.717, 1.165) is 15.6 Å². The van der Waals surface area contributed by atoms with E-state index >= 15 is 0 Å². The average molecular weight is 527 g/mol. The van der Waals surface area contributed by atoms with Crippen LogP contribution < -0.4 is 15.4 Å². The Morgan fingerprint density at radius 1 is 1.17 bits per heavy atom. The van der Waals surface area contributed by atoms with Gasteiger partial charge in [-0.1, -0.05) is 11.3 Å². The van der Waals surface area contributed by atoms with Crippen molar-refractivity contribution in [1.82, 2.24) is 24.9 Å². The molecule has 0 atom stereocenters. The van der Waals surface area contributed by atoms with E-state index in [0.29, 0.717) is 22.7 Å². The van der Waals surface area contributed by atoms with Gasteiger partial charge in [0.2, 0.25) is 0 Å². The van der Waals surface area contributed by atoms with E-state index in [-0.39, 0.29) is 24.2 Å². The monoisotopic (exact) mass is 526 g/mol. The Morgan fingerprint density at radius 2 is 1.94 bits per heavy atom. The quantitative estimate of drug-likeness (QED) is 0.335. The van der Waals surface area contributed by atoms with E-state index in [1.54, 1.807) is 29.7 Å². The highest BCUT2D eigenvalue weighted by atomic mass is 35.5. The van der Waals surface area contributed by atoms with Crippen LogP contribution in [0.15, 0.2) is 42.7 Å². The van der Waals surface area contributed by atoms with Gasteiger partial charge in [-0.15, -0.1) is 22.6 Å². The summed E-state index contributed by atoms with van der Waals surface area (Å²) >= 11 is 1.48. The maximum Gasteiger partial charge on any atom is 0.405 e. The van der Waals surface area contributed by atoms with Gasteiger partial charge in [0.1, 0.15) is 28.0 Å². The van der Waals surface area contributed by atoms with E-state index in [4.69, 9.17) is 4.74 Å². The molecule has 0 aliphatic carbocycles. The van der Waals surface area contributed by atoms with Crippen LogP contribution in [-0.2, 0) is 0 Å². The molecular formula is C22H22ClF3N6O2S. The molecule has 35 heavy (non-hydrogen) atoms. The lowest BCUT2D eigenvalue weighted by atomic mass is 10.1. The molecule has 0 spiro atoms. The summed E-state index contributed by atoms with van der Waals surface area (Å²) in [5.41, 5.74) is 3.21. The number of rotatable bonds is 6. The minimum absolute atomic E-state index is 0. The van der Waals surface area contributed by atoms with Crippen LogP contribution in [0, 0.1) is 6.92 Å². The molecule has 1 aromatic carbocycles. The van der Waals surface area contributed by atoms with Crippen molar-refractivity contribution in [3.8, 4) is 27.6 Å². The van der Waals surface area contributed by atoms with Crippen LogP contribution in [0.4, 0.5) is 23.7 Å². The number of aromatic nitrogens is 4. The minimum Gasteiger partial charge on any atom is -0.491 e. The molecule has 0 radical (unpaired) electrons. The molecule has 0 unspecified atom stereocenters. The maximum absolute atomic E-state index is 12.4. The number of benzene rings is 1. The Bertz CT molecular complexity index is 1340. The number of hydrogen-bond acceptors (Lipinski definition) is 6. The van der Waals surface area contributed by atoms with Gasteiger partial charge in [0.05, 0.1) is 18.0 Å². The number of ether oxygens (including phenoxy) is 1. The van der Waals surface area contributed by atoms with Gasteiger partial charge in [0, 0.05) is 29.1 Å². The zero-order valence-corrected chi connectivity index (χ0v) is 20.5. The largest absolute Gasteiger partial charge is 0.491 e. The van der Waals surface area contributed by atoms with Gasteiger partial charge in [-0.3, -0.25) is 4.40 Å². The number of amides is 2. The third kappa shape index (κ3) is 6.61. The Kier molecular flexibility index (Phi) is 7.86. The van der Waals surface area contributed by atoms with Gasteiger partial charge in [-0.2, -0.15) is 13.2 Å². The Morgan fingerprint density at radius 3 is 2.60 bits per heavy atom. The highest BCUT2D eigenvalue weighted by Crippen LogP contribution is 2.31. The molecule has 13 heteroatoms. The van der Waals surface area contributed by atoms with E-state index in [1.807, 2.05) is 43.5 Å². The number of imidazole rings is 1. The Labute approximate surface area is 209 Å². The SMILES string of the molecule is Cc1nnc(-c2ccn3c(-c4cc(NC(=O)NCC(F)(F)F)cc(OC(C)C)c4)cnc3c2)s1.Cl. The summed E-state index contributed by atoms with van der Waals surface area (Å²) in [6, 6.07) is 7.80. The molecule has 0 fully saturated rings. The molecule has 2 N–H and O–H groups in total. The van der Waals surface area contributed by atoms with Crippen molar-refractivity contribution in [2.45, 2.75) is 33.1 Å². The highest BCUT2D eigenvalue weighted by Gasteiger charge is 2.27. The molecule has 4 rings (SSSR count). The summed E-state index contributed by atoms with van der Waals surface area (Å²) < 4.78 is 44.9. The van der Waals surface area contributed by atoms with E-state index in [9.17, 15) is 18.0 Å². The third-order valence-corrected chi connectivity index (χ3v) is 5.46. The molecule has 3 aromatic heterocycles.